The van der Waals surface area contributed by atoms with Crippen molar-refractivity contribution in [2.45, 2.75) is 52.7 Å². The molecule has 1 heterocycles. The maximum Gasteiger partial charge on any atom is 0.414 e. The van der Waals surface area contributed by atoms with Crippen LogP contribution in [0.4, 0.5) is 10.5 Å². The Morgan fingerprint density at radius 2 is 1.71 bits per heavy atom. The van der Waals surface area contributed by atoms with Gasteiger partial charge in [-0.3, -0.25) is 4.90 Å². The number of hydrogen-bond acceptors (Lipinski definition) is 3. The van der Waals surface area contributed by atoms with Crippen LogP contribution in [0.25, 0.3) is 5.57 Å². The van der Waals surface area contributed by atoms with E-state index in [1.807, 2.05) is 52.8 Å². The van der Waals surface area contributed by atoms with Gasteiger partial charge < -0.3 is 9.47 Å². The number of amides is 1. The first-order valence-corrected chi connectivity index (χ1v) is 9.55. The number of carbonyl (C=O) groups is 1. The predicted molar refractivity (Wildman–Crippen MR) is 114 cm³/mol. The summed E-state index contributed by atoms with van der Waals surface area (Å²) in [5.41, 5.74) is 4.27. The molecule has 2 aromatic carbocycles. The number of nitrogens with zero attached hydrogens (tertiary/aromatic N) is 1. The first-order valence-electron chi connectivity index (χ1n) is 9.55. The van der Waals surface area contributed by atoms with Crippen LogP contribution in [-0.4, -0.2) is 24.3 Å². The fourth-order valence-electron chi connectivity index (χ4n) is 3.17. The Balaban J connectivity index is 1.98. The molecule has 3 rings (SSSR count). The summed E-state index contributed by atoms with van der Waals surface area (Å²) >= 11 is 0. The molecule has 0 saturated carbocycles. The maximum absolute atomic E-state index is 12.4. The van der Waals surface area contributed by atoms with Gasteiger partial charge in [-0.1, -0.05) is 29.8 Å². The van der Waals surface area contributed by atoms with Crippen molar-refractivity contribution in [1.29, 1.82) is 0 Å². The number of ether oxygens (including phenoxy) is 2. The van der Waals surface area contributed by atoms with Gasteiger partial charge in [-0.05, 0) is 70.9 Å². The van der Waals surface area contributed by atoms with Crippen molar-refractivity contribution >= 4 is 17.4 Å². The van der Waals surface area contributed by atoms with Gasteiger partial charge in [-0.15, -0.1) is 0 Å². The molecule has 1 aliphatic rings. The van der Waals surface area contributed by atoms with Gasteiger partial charge >= 0.3 is 6.09 Å². The lowest BCUT2D eigenvalue weighted by Crippen LogP contribution is -2.34. The molecule has 0 aliphatic carbocycles. The molecule has 0 atom stereocenters. The molecule has 0 spiro atoms. The molecule has 4 nitrogen and oxygen atoms in total. The standard InChI is InChI=1S/C24H29NO3/c1-16-8-10-17(11-9-16)20-15-24(5,6)27-21-14-18(12-13-19(20)21)25(7)22(26)28-23(2,3)4/h8-15H,1-7H3. The largest absolute Gasteiger partial charge is 0.483 e. The van der Waals surface area contributed by atoms with E-state index in [4.69, 9.17) is 9.47 Å². The minimum absolute atomic E-state index is 0.392. The highest BCUT2D eigenvalue weighted by molar-refractivity contribution is 5.90. The van der Waals surface area contributed by atoms with E-state index in [1.165, 1.54) is 10.5 Å². The van der Waals surface area contributed by atoms with Gasteiger partial charge in [0.15, 0.2) is 0 Å². The van der Waals surface area contributed by atoms with E-state index in [9.17, 15) is 4.79 Å². The van der Waals surface area contributed by atoms with E-state index in [0.717, 1.165) is 28.1 Å². The number of carbonyl (C=O) groups excluding carboxylic acids is 1. The fraction of sp³-hybridized carbons (Fsp3) is 0.375. The van der Waals surface area contributed by atoms with E-state index >= 15 is 0 Å². The van der Waals surface area contributed by atoms with Gasteiger partial charge in [-0.25, -0.2) is 4.79 Å². The second kappa shape index (κ2) is 7.01. The summed E-state index contributed by atoms with van der Waals surface area (Å²) in [6.45, 7) is 11.7. The summed E-state index contributed by atoms with van der Waals surface area (Å²) in [6, 6.07) is 14.3. The highest BCUT2D eigenvalue weighted by Gasteiger charge is 2.28. The second-order valence-corrected chi connectivity index (χ2v) is 8.85. The minimum atomic E-state index is -0.542. The van der Waals surface area contributed by atoms with Crippen LogP contribution in [0, 0.1) is 6.92 Å². The van der Waals surface area contributed by atoms with Crippen LogP contribution in [0.2, 0.25) is 0 Å². The summed E-state index contributed by atoms with van der Waals surface area (Å²) < 4.78 is 11.7. The Bertz CT molecular complexity index is 918. The van der Waals surface area contributed by atoms with Gasteiger partial charge in [-0.2, -0.15) is 0 Å². The van der Waals surface area contributed by atoms with Gasteiger partial charge in [0.2, 0.25) is 0 Å². The fourth-order valence-corrected chi connectivity index (χ4v) is 3.17. The van der Waals surface area contributed by atoms with Crippen molar-refractivity contribution in [1.82, 2.24) is 0 Å². The molecule has 0 fully saturated rings. The summed E-state index contributed by atoms with van der Waals surface area (Å²) in [7, 11) is 1.71. The lowest BCUT2D eigenvalue weighted by molar-refractivity contribution is 0.0589. The van der Waals surface area contributed by atoms with Crippen LogP contribution in [-0.2, 0) is 4.74 Å². The van der Waals surface area contributed by atoms with Crippen LogP contribution < -0.4 is 9.64 Å². The molecule has 0 bridgehead atoms. The van der Waals surface area contributed by atoms with Crippen LogP contribution >= 0.6 is 0 Å². The molecule has 0 saturated heterocycles. The van der Waals surface area contributed by atoms with E-state index in [-0.39, 0.29) is 0 Å². The number of aryl methyl sites for hydroxylation is 1. The monoisotopic (exact) mass is 379 g/mol. The number of fused-ring (bicyclic) bond motifs is 1. The third-order valence-corrected chi connectivity index (χ3v) is 4.54. The summed E-state index contributed by atoms with van der Waals surface area (Å²) in [4.78, 5) is 13.9. The molecule has 4 heteroatoms. The lowest BCUT2D eigenvalue weighted by atomic mass is 9.89. The third-order valence-electron chi connectivity index (χ3n) is 4.54. The van der Waals surface area contributed by atoms with E-state index in [2.05, 4.69) is 37.3 Å². The third kappa shape index (κ3) is 4.38. The molecule has 0 N–H and O–H groups in total. The molecule has 28 heavy (non-hydrogen) atoms. The van der Waals surface area contributed by atoms with Crippen LogP contribution in [0.3, 0.4) is 0 Å². The number of rotatable bonds is 2. The molecule has 0 unspecified atom stereocenters. The van der Waals surface area contributed by atoms with Gasteiger partial charge in [0.05, 0.1) is 5.69 Å². The van der Waals surface area contributed by atoms with Crippen molar-refractivity contribution in [2.24, 2.45) is 0 Å². The van der Waals surface area contributed by atoms with Crippen LogP contribution in [0.5, 0.6) is 5.75 Å². The topological polar surface area (TPSA) is 38.8 Å². The Morgan fingerprint density at radius 1 is 1.07 bits per heavy atom. The Morgan fingerprint density at radius 3 is 2.32 bits per heavy atom. The first-order chi connectivity index (χ1) is 13.0. The van der Waals surface area contributed by atoms with Gasteiger partial charge in [0.1, 0.15) is 17.0 Å². The van der Waals surface area contributed by atoms with Crippen molar-refractivity contribution < 1.29 is 14.3 Å². The molecule has 148 valence electrons. The molecule has 1 amide bonds. The zero-order chi connectivity index (χ0) is 20.7. The van der Waals surface area contributed by atoms with Crippen LogP contribution in [0.1, 0.15) is 51.3 Å². The Hall–Kier alpha value is -2.75. The summed E-state index contributed by atoms with van der Waals surface area (Å²) in [6.07, 6.45) is 1.76. The highest BCUT2D eigenvalue weighted by atomic mass is 16.6. The van der Waals surface area contributed by atoms with E-state index in [1.54, 1.807) is 7.05 Å². The quantitative estimate of drug-likeness (QED) is 0.645. The molecular weight excluding hydrogens is 350 g/mol. The Labute approximate surface area is 167 Å². The smallest absolute Gasteiger partial charge is 0.414 e. The number of anilines is 1. The zero-order valence-electron chi connectivity index (χ0n) is 17.8. The first kappa shape index (κ1) is 20.0. The van der Waals surface area contributed by atoms with Crippen molar-refractivity contribution in [3.63, 3.8) is 0 Å². The maximum atomic E-state index is 12.4. The van der Waals surface area contributed by atoms with Crippen LogP contribution in [0.15, 0.2) is 48.5 Å². The SMILES string of the molecule is Cc1ccc(C2=CC(C)(C)Oc3cc(N(C)C(=O)OC(C)(C)C)ccc32)cc1. The predicted octanol–water partition coefficient (Wildman–Crippen LogP) is 5.97. The minimum Gasteiger partial charge on any atom is -0.483 e. The van der Waals surface area contributed by atoms with Crippen molar-refractivity contribution in [2.75, 3.05) is 11.9 Å². The van der Waals surface area contributed by atoms with Crippen molar-refractivity contribution in [3.8, 4) is 5.75 Å². The number of benzene rings is 2. The van der Waals surface area contributed by atoms with Gasteiger partial charge in [0, 0.05) is 18.7 Å². The van der Waals surface area contributed by atoms with E-state index in [0.29, 0.717) is 0 Å². The molecule has 1 aliphatic heterocycles. The molecule has 2 aromatic rings. The molecular formula is C24H29NO3. The Kier molecular flexibility index (Phi) is 5.00. The lowest BCUT2D eigenvalue weighted by Gasteiger charge is -2.32. The highest BCUT2D eigenvalue weighted by Crippen LogP contribution is 2.41. The average Bonchev–Trinajstić information content (AvgIpc) is 2.58. The van der Waals surface area contributed by atoms with Gasteiger partial charge in [0.25, 0.3) is 0 Å². The second-order valence-electron chi connectivity index (χ2n) is 8.85. The summed E-state index contributed by atoms with van der Waals surface area (Å²) in [5.74, 6) is 0.760. The van der Waals surface area contributed by atoms with E-state index < -0.39 is 17.3 Å². The van der Waals surface area contributed by atoms with Crippen molar-refractivity contribution in [3.05, 3.63) is 65.2 Å². The number of hydrogen-bond donors (Lipinski definition) is 0. The average molecular weight is 380 g/mol. The molecule has 0 aromatic heterocycles. The zero-order valence-corrected chi connectivity index (χ0v) is 17.8. The normalized spacial score (nSPS) is 15.2. The summed E-state index contributed by atoms with van der Waals surface area (Å²) in [5, 5.41) is 0. The molecule has 0 radical (unpaired) electrons.